The first-order valence-corrected chi connectivity index (χ1v) is 8.31. The predicted molar refractivity (Wildman–Crippen MR) is 88.8 cm³/mol. The summed E-state index contributed by atoms with van der Waals surface area (Å²) in [6.07, 6.45) is 1.78. The number of hydrogen-bond donors (Lipinski definition) is 0. The summed E-state index contributed by atoms with van der Waals surface area (Å²) in [6.45, 7) is 7.17. The number of oxazole rings is 1. The Bertz CT molecular complexity index is 779. The summed E-state index contributed by atoms with van der Waals surface area (Å²) in [5.74, 6) is 1.90. The quantitative estimate of drug-likeness (QED) is 0.843. The summed E-state index contributed by atoms with van der Waals surface area (Å²) in [7, 11) is 2.12. The number of carbonyl (C=O) groups excluding carboxylic acids is 1. The molecule has 2 saturated heterocycles. The molecule has 1 spiro atoms. The predicted octanol–water partition coefficient (Wildman–Crippen LogP) is 1.86. The van der Waals surface area contributed by atoms with Gasteiger partial charge in [-0.2, -0.15) is 0 Å². The van der Waals surface area contributed by atoms with Crippen molar-refractivity contribution in [2.75, 3.05) is 33.2 Å². The first-order chi connectivity index (χ1) is 11.5. The van der Waals surface area contributed by atoms with Crippen molar-refractivity contribution in [3.05, 3.63) is 47.4 Å². The Morgan fingerprint density at radius 3 is 2.75 bits per heavy atom. The third kappa shape index (κ3) is 2.41. The average Bonchev–Trinajstić information content (AvgIpc) is 3.08. The number of hydrogen-bond acceptors (Lipinski definition) is 5. The van der Waals surface area contributed by atoms with Gasteiger partial charge in [-0.25, -0.2) is 9.97 Å². The summed E-state index contributed by atoms with van der Waals surface area (Å²) in [5, 5.41) is 0. The minimum atomic E-state index is 0.0150. The number of aromatic nitrogens is 2. The lowest BCUT2D eigenvalue weighted by atomic mass is 9.71. The van der Waals surface area contributed by atoms with E-state index >= 15 is 0 Å². The zero-order chi connectivity index (χ0) is 16.9. The number of carbonyl (C=O) groups is 1. The molecule has 1 atom stereocenters. The lowest BCUT2D eigenvalue weighted by molar-refractivity contribution is 0.0000677. The van der Waals surface area contributed by atoms with Crippen LogP contribution in [0, 0.1) is 19.3 Å². The Balaban J connectivity index is 1.53. The van der Waals surface area contributed by atoms with Crippen LogP contribution in [0.3, 0.4) is 0 Å². The van der Waals surface area contributed by atoms with Crippen molar-refractivity contribution in [2.45, 2.75) is 19.8 Å². The molecule has 1 unspecified atom stereocenters. The number of likely N-dealkylation sites (tertiary alicyclic amines) is 2. The highest BCUT2D eigenvalue weighted by Crippen LogP contribution is 2.48. The lowest BCUT2D eigenvalue weighted by Gasteiger charge is -2.50. The van der Waals surface area contributed by atoms with Crippen molar-refractivity contribution in [1.82, 2.24) is 19.8 Å². The van der Waals surface area contributed by atoms with Gasteiger partial charge in [0, 0.05) is 37.3 Å². The molecule has 2 fully saturated rings. The second-order valence-corrected chi connectivity index (χ2v) is 7.25. The van der Waals surface area contributed by atoms with E-state index in [2.05, 4.69) is 21.9 Å². The highest BCUT2D eigenvalue weighted by atomic mass is 16.4. The molecule has 0 radical (unpaired) electrons. The van der Waals surface area contributed by atoms with Crippen LogP contribution < -0.4 is 0 Å². The van der Waals surface area contributed by atoms with Gasteiger partial charge in [0.1, 0.15) is 11.5 Å². The van der Waals surface area contributed by atoms with E-state index in [9.17, 15) is 4.79 Å². The number of pyridine rings is 1. The van der Waals surface area contributed by atoms with Gasteiger partial charge in [0.05, 0.1) is 12.1 Å². The number of aryl methyl sites for hydroxylation is 2. The minimum absolute atomic E-state index is 0.0150. The number of nitrogens with zero attached hydrogens (tertiary/aromatic N) is 4. The van der Waals surface area contributed by atoms with E-state index < -0.39 is 0 Å². The summed E-state index contributed by atoms with van der Waals surface area (Å²) < 4.78 is 5.79. The van der Waals surface area contributed by atoms with Crippen LogP contribution in [-0.4, -0.2) is 58.9 Å². The van der Waals surface area contributed by atoms with Gasteiger partial charge in [-0.3, -0.25) is 4.79 Å². The molecule has 2 aromatic rings. The smallest absolute Gasteiger partial charge is 0.272 e. The van der Waals surface area contributed by atoms with E-state index in [1.165, 1.54) is 0 Å². The number of rotatable bonds is 2. The molecular formula is C18H22N4O2. The zero-order valence-electron chi connectivity index (χ0n) is 14.3. The first-order valence-electron chi connectivity index (χ1n) is 8.31. The van der Waals surface area contributed by atoms with Crippen LogP contribution >= 0.6 is 0 Å². The van der Waals surface area contributed by atoms with Gasteiger partial charge < -0.3 is 14.2 Å². The van der Waals surface area contributed by atoms with Crippen LogP contribution in [-0.2, 0) is 0 Å². The molecule has 2 aliphatic rings. The van der Waals surface area contributed by atoms with E-state index in [0.717, 1.165) is 43.5 Å². The molecule has 1 amide bonds. The molecule has 2 aromatic heterocycles. The average molecular weight is 326 g/mol. The van der Waals surface area contributed by atoms with Gasteiger partial charge in [0.2, 0.25) is 0 Å². The lowest BCUT2D eigenvalue weighted by Crippen LogP contribution is -2.61. The van der Waals surface area contributed by atoms with Crippen molar-refractivity contribution in [2.24, 2.45) is 5.41 Å². The first kappa shape index (κ1) is 15.3. The van der Waals surface area contributed by atoms with E-state index in [1.807, 2.05) is 30.9 Å². The molecule has 0 aliphatic carbocycles. The normalized spacial score (nSPS) is 22.8. The van der Waals surface area contributed by atoms with Gasteiger partial charge in [0.25, 0.3) is 5.91 Å². The van der Waals surface area contributed by atoms with E-state index in [-0.39, 0.29) is 17.2 Å². The Labute approximate surface area is 141 Å². The third-order valence-corrected chi connectivity index (χ3v) is 5.16. The summed E-state index contributed by atoms with van der Waals surface area (Å²) in [4.78, 5) is 25.6. The molecule has 0 N–H and O–H groups in total. The molecular weight excluding hydrogens is 304 g/mol. The maximum absolute atomic E-state index is 12.7. The summed E-state index contributed by atoms with van der Waals surface area (Å²) >= 11 is 0. The van der Waals surface area contributed by atoms with Crippen molar-refractivity contribution >= 4 is 5.91 Å². The molecule has 4 heterocycles. The Morgan fingerprint density at radius 1 is 1.29 bits per heavy atom. The monoisotopic (exact) mass is 326 g/mol. The SMILES string of the molecule is Cc1cccc(C(=O)N2CC3(CN(C)CC3c3ncc(C)o3)C2)n1. The molecule has 2 aliphatic heterocycles. The molecule has 126 valence electrons. The molecule has 6 nitrogen and oxygen atoms in total. The number of likely N-dealkylation sites (N-methyl/N-ethyl adjacent to an activating group) is 1. The largest absolute Gasteiger partial charge is 0.446 e. The second-order valence-electron chi connectivity index (χ2n) is 7.25. The van der Waals surface area contributed by atoms with E-state index in [0.29, 0.717) is 5.69 Å². The van der Waals surface area contributed by atoms with Crippen LogP contribution in [0.25, 0.3) is 0 Å². The fraction of sp³-hybridized carbons (Fsp3) is 0.500. The minimum Gasteiger partial charge on any atom is -0.446 e. The Morgan fingerprint density at radius 2 is 2.08 bits per heavy atom. The Hall–Kier alpha value is -2.21. The van der Waals surface area contributed by atoms with Gasteiger partial charge >= 0.3 is 0 Å². The maximum Gasteiger partial charge on any atom is 0.272 e. The van der Waals surface area contributed by atoms with Crippen LogP contribution in [0.1, 0.15) is 33.8 Å². The fourth-order valence-corrected chi connectivity index (χ4v) is 4.09. The topological polar surface area (TPSA) is 62.5 Å². The van der Waals surface area contributed by atoms with Crippen LogP contribution in [0.2, 0.25) is 0 Å². The van der Waals surface area contributed by atoms with Gasteiger partial charge in [0.15, 0.2) is 5.89 Å². The standard InChI is InChI=1S/C18H22N4O2/c1-12-5-4-6-15(20-12)17(23)22-10-18(11-22)9-21(3)8-14(18)16-19-7-13(2)24-16/h4-7,14H,8-11H2,1-3H3. The fourth-order valence-electron chi connectivity index (χ4n) is 4.09. The van der Waals surface area contributed by atoms with Crippen LogP contribution in [0.15, 0.2) is 28.8 Å². The molecule has 0 bridgehead atoms. The Kier molecular flexibility index (Phi) is 3.46. The molecule has 0 aromatic carbocycles. The maximum atomic E-state index is 12.7. The highest BCUT2D eigenvalue weighted by Gasteiger charge is 2.56. The van der Waals surface area contributed by atoms with Gasteiger partial charge in [-0.15, -0.1) is 0 Å². The molecule has 0 saturated carbocycles. The van der Waals surface area contributed by atoms with Gasteiger partial charge in [-0.05, 0) is 33.0 Å². The highest BCUT2D eigenvalue weighted by molar-refractivity contribution is 5.93. The zero-order valence-corrected chi connectivity index (χ0v) is 14.3. The summed E-state index contributed by atoms with van der Waals surface area (Å²) in [5.41, 5.74) is 1.44. The number of amides is 1. The second kappa shape index (κ2) is 5.41. The van der Waals surface area contributed by atoms with E-state index in [4.69, 9.17) is 4.42 Å². The van der Waals surface area contributed by atoms with Crippen LogP contribution in [0.4, 0.5) is 0 Å². The third-order valence-electron chi connectivity index (χ3n) is 5.16. The van der Waals surface area contributed by atoms with Crippen molar-refractivity contribution in [1.29, 1.82) is 0 Å². The summed E-state index contributed by atoms with van der Waals surface area (Å²) in [6, 6.07) is 5.57. The molecule has 24 heavy (non-hydrogen) atoms. The van der Waals surface area contributed by atoms with Crippen molar-refractivity contribution in [3.8, 4) is 0 Å². The van der Waals surface area contributed by atoms with Gasteiger partial charge in [-0.1, -0.05) is 6.07 Å². The van der Waals surface area contributed by atoms with Crippen molar-refractivity contribution in [3.63, 3.8) is 0 Å². The molecule has 4 rings (SSSR count). The van der Waals surface area contributed by atoms with Crippen LogP contribution in [0.5, 0.6) is 0 Å². The molecule has 6 heteroatoms. The van der Waals surface area contributed by atoms with Crippen molar-refractivity contribution < 1.29 is 9.21 Å². The van der Waals surface area contributed by atoms with E-state index in [1.54, 1.807) is 12.3 Å².